The summed E-state index contributed by atoms with van der Waals surface area (Å²) in [6, 6.07) is 1.71. The zero-order valence-corrected chi connectivity index (χ0v) is 18.9. The van der Waals surface area contributed by atoms with Gasteiger partial charge < -0.3 is 14.7 Å². The van der Waals surface area contributed by atoms with Gasteiger partial charge >= 0.3 is 5.97 Å². The summed E-state index contributed by atoms with van der Waals surface area (Å²) in [6.07, 6.45) is -0.246. The topological polar surface area (TPSA) is 139 Å². The van der Waals surface area contributed by atoms with E-state index in [9.17, 15) is 14.7 Å². The number of piperidine rings is 1. The molecule has 1 spiro atoms. The number of aromatic nitrogens is 6. The van der Waals surface area contributed by atoms with E-state index in [0.29, 0.717) is 54.3 Å². The van der Waals surface area contributed by atoms with Gasteiger partial charge in [-0.05, 0) is 55.3 Å². The Balaban J connectivity index is 1.24. The molecule has 180 valence electrons. The number of nitrogens with zero attached hydrogens (tertiary/aromatic N) is 8. The number of β-amino-alcohol motifs (C(OH)–C–C–N with tert-alkyl or cyclic N) is 1. The average Bonchev–Trinajstić information content (AvgIpc) is 3.53. The molecule has 0 aromatic carbocycles. The van der Waals surface area contributed by atoms with Crippen molar-refractivity contribution in [2.24, 2.45) is 5.41 Å². The first-order chi connectivity index (χ1) is 16.3. The van der Waals surface area contributed by atoms with Crippen LogP contribution >= 0.6 is 0 Å². The summed E-state index contributed by atoms with van der Waals surface area (Å²) in [7, 11) is 0. The number of aryl methyl sites for hydroxylation is 1. The van der Waals surface area contributed by atoms with Crippen molar-refractivity contribution in [1.82, 2.24) is 40.2 Å². The number of esters is 1. The Morgan fingerprint density at radius 1 is 1.26 bits per heavy atom. The molecule has 0 saturated carbocycles. The van der Waals surface area contributed by atoms with E-state index in [1.54, 1.807) is 24.8 Å². The third-order valence-electron chi connectivity index (χ3n) is 7.09. The number of rotatable bonds is 5. The summed E-state index contributed by atoms with van der Waals surface area (Å²) in [5, 5.41) is 29.9. The number of hydrogen-bond donors (Lipinski definition) is 1. The fourth-order valence-electron chi connectivity index (χ4n) is 5.01. The number of ether oxygens (including phenoxy) is 1. The molecule has 2 aromatic rings. The molecular formula is C21H25FN8O4. The van der Waals surface area contributed by atoms with Crippen molar-refractivity contribution in [3.8, 4) is 5.82 Å². The fourth-order valence-corrected chi connectivity index (χ4v) is 5.01. The van der Waals surface area contributed by atoms with Crippen molar-refractivity contribution in [3.05, 3.63) is 34.9 Å². The van der Waals surface area contributed by atoms with E-state index in [2.05, 4.69) is 25.7 Å². The maximum Gasteiger partial charge on any atom is 0.336 e. The maximum atomic E-state index is 15.5. The van der Waals surface area contributed by atoms with Gasteiger partial charge in [-0.1, -0.05) is 0 Å². The lowest BCUT2D eigenvalue weighted by atomic mass is 9.75. The number of cyclic esters (lactones) is 1. The van der Waals surface area contributed by atoms with Gasteiger partial charge in [0.1, 0.15) is 25.2 Å². The highest BCUT2D eigenvalue weighted by Crippen LogP contribution is 2.45. The molecule has 2 fully saturated rings. The quantitative estimate of drug-likeness (QED) is 0.586. The van der Waals surface area contributed by atoms with Crippen LogP contribution in [-0.4, -0.2) is 96.1 Å². The molecule has 13 heteroatoms. The van der Waals surface area contributed by atoms with Crippen LogP contribution in [-0.2, 0) is 14.3 Å². The maximum absolute atomic E-state index is 15.5. The first-order valence-corrected chi connectivity index (χ1v) is 11.1. The molecule has 1 N–H and O–H groups in total. The average molecular weight is 472 g/mol. The van der Waals surface area contributed by atoms with Crippen LogP contribution in [0.2, 0.25) is 0 Å². The number of aliphatic hydroxyl groups excluding tert-OH is 1. The largest absolute Gasteiger partial charge is 0.456 e. The number of tetrazole rings is 1. The molecule has 12 nitrogen and oxygen atoms in total. The van der Waals surface area contributed by atoms with E-state index in [-0.39, 0.29) is 25.6 Å². The molecule has 2 aromatic heterocycles. The predicted molar refractivity (Wildman–Crippen MR) is 113 cm³/mol. The van der Waals surface area contributed by atoms with E-state index in [0.717, 1.165) is 0 Å². The van der Waals surface area contributed by atoms with Gasteiger partial charge in [-0.15, -0.1) is 10.2 Å². The fraction of sp³-hybridized carbons (Fsp3) is 0.571. The molecule has 34 heavy (non-hydrogen) atoms. The van der Waals surface area contributed by atoms with Gasteiger partial charge in [-0.2, -0.15) is 9.78 Å². The van der Waals surface area contributed by atoms with Gasteiger partial charge in [-0.3, -0.25) is 9.69 Å². The molecule has 2 saturated heterocycles. The molecule has 3 aliphatic heterocycles. The van der Waals surface area contributed by atoms with Crippen LogP contribution in [0.15, 0.2) is 23.7 Å². The summed E-state index contributed by atoms with van der Waals surface area (Å²) in [5.41, 5.74) is 0.935. The molecule has 5 rings (SSSR count). The number of alkyl halides is 1. The van der Waals surface area contributed by atoms with Gasteiger partial charge in [0.25, 0.3) is 0 Å². The van der Waals surface area contributed by atoms with Crippen LogP contribution < -0.4 is 0 Å². The first kappa shape index (κ1) is 22.5. The highest BCUT2D eigenvalue weighted by Gasteiger charge is 2.56. The van der Waals surface area contributed by atoms with Crippen molar-refractivity contribution in [2.75, 3.05) is 32.8 Å². The lowest BCUT2D eigenvalue weighted by molar-refractivity contribution is -0.142. The Labute approximate surface area is 194 Å². The molecule has 3 aliphatic rings. The normalized spacial score (nSPS) is 26.6. The van der Waals surface area contributed by atoms with Gasteiger partial charge in [0.05, 0.1) is 22.4 Å². The van der Waals surface area contributed by atoms with Gasteiger partial charge in [0.2, 0.25) is 5.91 Å². The Kier molecular flexibility index (Phi) is 5.60. The summed E-state index contributed by atoms with van der Waals surface area (Å²) >= 11 is 0. The van der Waals surface area contributed by atoms with E-state index >= 15 is 4.39 Å². The molecule has 2 unspecified atom stereocenters. The molecule has 0 bridgehead atoms. The summed E-state index contributed by atoms with van der Waals surface area (Å²) in [4.78, 5) is 28.3. The Morgan fingerprint density at radius 2 is 2.06 bits per heavy atom. The standard InChI is InChI=1S/C21H25FN8O4/c1-12-7-17(30-11-23-26-27-30)24-25-18(12)15(31)8-28-5-3-21(16(22)9-28)4-6-29(20(21)33)14-10-34-19(32)13(14)2/h7,11,15-16,31H,3-6,8-10H2,1-2H3/t15-,16?,21?/m0/s1. The van der Waals surface area contributed by atoms with Crippen molar-refractivity contribution in [2.45, 2.75) is 39.0 Å². The third kappa shape index (κ3) is 3.64. The summed E-state index contributed by atoms with van der Waals surface area (Å²) in [6.45, 7) is 4.49. The second-order valence-corrected chi connectivity index (χ2v) is 9.03. The summed E-state index contributed by atoms with van der Waals surface area (Å²) < 4.78 is 21.9. The van der Waals surface area contributed by atoms with E-state index in [1.807, 2.05) is 0 Å². The monoisotopic (exact) mass is 472 g/mol. The first-order valence-electron chi connectivity index (χ1n) is 11.1. The minimum atomic E-state index is -1.39. The summed E-state index contributed by atoms with van der Waals surface area (Å²) in [5.74, 6) is -0.298. The number of aliphatic hydroxyl groups is 1. The van der Waals surface area contributed by atoms with Crippen LogP contribution in [0.5, 0.6) is 0 Å². The molecule has 5 heterocycles. The third-order valence-corrected chi connectivity index (χ3v) is 7.09. The lowest BCUT2D eigenvalue weighted by Crippen LogP contribution is -2.53. The number of hydrogen-bond acceptors (Lipinski definition) is 10. The van der Waals surface area contributed by atoms with Gasteiger partial charge in [-0.25, -0.2) is 9.18 Å². The molecule has 3 atom stereocenters. The van der Waals surface area contributed by atoms with Crippen LogP contribution in [0.25, 0.3) is 5.82 Å². The molecule has 0 aliphatic carbocycles. The smallest absolute Gasteiger partial charge is 0.336 e. The Bertz CT molecular complexity index is 1160. The van der Waals surface area contributed by atoms with Crippen molar-refractivity contribution in [3.63, 3.8) is 0 Å². The SMILES string of the molecule is CC1=C(N2CCC3(CCN(C[C@H](O)c4nnc(-n5cnnn5)cc4C)CC3F)C2=O)COC1=O. The van der Waals surface area contributed by atoms with Crippen molar-refractivity contribution in [1.29, 1.82) is 0 Å². The van der Waals surface area contributed by atoms with E-state index < -0.39 is 23.7 Å². The highest BCUT2D eigenvalue weighted by atomic mass is 19.1. The van der Waals surface area contributed by atoms with Crippen LogP contribution in [0, 0.1) is 12.3 Å². The minimum Gasteiger partial charge on any atom is -0.456 e. The second-order valence-electron chi connectivity index (χ2n) is 9.03. The van der Waals surface area contributed by atoms with Crippen LogP contribution in [0.1, 0.15) is 37.1 Å². The Hall–Kier alpha value is -3.32. The molecular weight excluding hydrogens is 447 g/mol. The Morgan fingerprint density at radius 3 is 2.71 bits per heavy atom. The van der Waals surface area contributed by atoms with E-state index in [4.69, 9.17) is 4.74 Å². The molecule has 0 radical (unpaired) electrons. The van der Waals surface area contributed by atoms with Crippen LogP contribution in [0.3, 0.4) is 0 Å². The van der Waals surface area contributed by atoms with Crippen molar-refractivity contribution < 1.29 is 23.8 Å². The highest BCUT2D eigenvalue weighted by molar-refractivity contribution is 5.94. The zero-order chi connectivity index (χ0) is 24.0. The predicted octanol–water partition coefficient (Wildman–Crippen LogP) is -0.113. The lowest BCUT2D eigenvalue weighted by Gasteiger charge is -2.41. The number of carbonyl (C=O) groups excluding carboxylic acids is 2. The van der Waals surface area contributed by atoms with E-state index in [1.165, 1.54) is 15.9 Å². The van der Waals surface area contributed by atoms with Gasteiger partial charge in [0.15, 0.2) is 5.82 Å². The minimum absolute atomic E-state index is 0.0271. The molecule has 1 amide bonds. The number of carbonyl (C=O) groups is 2. The number of halogens is 1. The van der Waals surface area contributed by atoms with Crippen molar-refractivity contribution >= 4 is 11.9 Å². The zero-order valence-electron chi connectivity index (χ0n) is 18.9. The number of likely N-dealkylation sites (tertiary alicyclic amines) is 2. The van der Waals surface area contributed by atoms with Gasteiger partial charge in [0, 0.05) is 19.6 Å². The van der Waals surface area contributed by atoms with Crippen LogP contribution in [0.4, 0.5) is 4.39 Å². The second kappa shape index (κ2) is 8.47. The number of amides is 1.